The Kier molecular flexibility index (Phi) is 6.08. The summed E-state index contributed by atoms with van der Waals surface area (Å²) in [6.07, 6.45) is 1.50. The Bertz CT molecular complexity index is 1140. The van der Waals surface area contributed by atoms with Crippen LogP contribution in [0.2, 0.25) is 10.0 Å². The number of halogens is 2. The minimum Gasteiger partial charge on any atom is -0.493 e. The van der Waals surface area contributed by atoms with Crippen LogP contribution in [0.3, 0.4) is 0 Å². The largest absolute Gasteiger partial charge is 0.493 e. The number of methoxy groups -OCH3 is 2. The Morgan fingerprint density at radius 2 is 1.22 bits per heavy atom. The van der Waals surface area contributed by atoms with Crippen LogP contribution in [0.25, 0.3) is 6.08 Å². The molecule has 3 aromatic carbocycles. The third-order valence-corrected chi connectivity index (χ3v) is 5.43. The van der Waals surface area contributed by atoms with Crippen LogP contribution in [-0.2, 0) is 9.59 Å². The number of para-hydroxylation sites is 1. The molecule has 1 aliphatic heterocycles. The predicted octanol–water partition coefficient (Wildman–Crippen LogP) is 5.39. The van der Waals surface area contributed by atoms with Crippen molar-refractivity contribution in [3.63, 3.8) is 0 Å². The monoisotopic (exact) mass is 468 g/mol. The highest BCUT2D eigenvalue weighted by molar-refractivity contribution is 6.38. The van der Waals surface area contributed by atoms with E-state index in [1.165, 1.54) is 30.3 Å². The topological polar surface area (TPSA) is 59.1 Å². The van der Waals surface area contributed by atoms with Crippen molar-refractivity contribution in [2.45, 2.75) is 0 Å². The number of hydrogen-bond acceptors (Lipinski definition) is 4. The Morgan fingerprint density at radius 1 is 0.719 bits per heavy atom. The van der Waals surface area contributed by atoms with Crippen molar-refractivity contribution < 1.29 is 19.1 Å². The molecule has 6 nitrogen and oxygen atoms in total. The summed E-state index contributed by atoms with van der Waals surface area (Å²) >= 11 is 12.0. The van der Waals surface area contributed by atoms with E-state index < -0.39 is 11.8 Å². The van der Waals surface area contributed by atoms with Gasteiger partial charge in [-0.05, 0) is 60.7 Å². The standard InChI is InChI=1S/C24H18Cl2N2O4/c1-31-21-5-3-4-15(22(21)32-2)14-20-23(29)27(18-10-6-16(25)7-11-18)28(24(20)30)19-12-8-17(26)9-13-19/h3-14H,1-2H3. The summed E-state index contributed by atoms with van der Waals surface area (Å²) in [4.78, 5) is 26.9. The molecule has 1 aliphatic rings. The van der Waals surface area contributed by atoms with Crippen molar-refractivity contribution in [2.75, 3.05) is 24.2 Å². The van der Waals surface area contributed by atoms with Crippen molar-refractivity contribution in [2.24, 2.45) is 0 Å². The van der Waals surface area contributed by atoms with Crippen molar-refractivity contribution in [3.8, 4) is 11.5 Å². The van der Waals surface area contributed by atoms with Crippen LogP contribution in [0.1, 0.15) is 5.56 Å². The molecule has 0 N–H and O–H groups in total. The smallest absolute Gasteiger partial charge is 0.283 e. The second-order valence-corrected chi connectivity index (χ2v) is 7.70. The molecule has 3 aromatic rings. The zero-order valence-electron chi connectivity index (χ0n) is 17.2. The van der Waals surface area contributed by atoms with Gasteiger partial charge in [-0.3, -0.25) is 9.59 Å². The number of nitrogens with zero attached hydrogens (tertiary/aromatic N) is 2. The average Bonchev–Trinajstić information content (AvgIpc) is 3.04. The fourth-order valence-electron chi connectivity index (χ4n) is 3.44. The normalized spacial score (nSPS) is 13.6. The number of anilines is 2. The summed E-state index contributed by atoms with van der Waals surface area (Å²) in [7, 11) is 3.02. The Hall–Kier alpha value is -3.48. The van der Waals surface area contributed by atoms with Gasteiger partial charge in [0.25, 0.3) is 11.8 Å². The van der Waals surface area contributed by atoms with E-state index in [4.69, 9.17) is 32.7 Å². The lowest BCUT2D eigenvalue weighted by atomic mass is 10.1. The summed E-state index contributed by atoms with van der Waals surface area (Å²) in [6, 6.07) is 18.5. The van der Waals surface area contributed by atoms with Crippen LogP contribution < -0.4 is 19.5 Å². The van der Waals surface area contributed by atoms with Gasteiger partial charge in [0, 0.05) is 15.6 Å². The van der Waals surface area contributed by atoms with Gasteiger partial charge in [-0.25, -0.2) is 10.0 Å². The molecule has 4 rings (SSSR count). The van der Waals surface area contributed by atoms with Gasteiger partial charge < -0.3 is 9.47 Å². The number of rotatable bonds is 5. The molecule has 8 heteroatoms. The number of benzene rings is 3. The van der Waals surface area contributed by atoms with E-state index in [0.717, 1.165) is 0 Å². The van der Waals surface area contributed by atoms with Gasteiger partial charge in [0.1, 0.15) is 5.57 Å². The first-order valence-electron chi connectivity index (χ1n) is 9.57. The van der Waals surface area contributed by atoms with Gasteiger partial charge in [-0.2, -0.15) is 0 Å². The molecule has 0 saturated carbocycles. The zero-order valence-corrected chi connectivity index (χ0v) is 18.7. The molecular formula is C24H18Cl2N2O4. The maximum Gasteiger partial charge on any atom is 0.283 e. The molecule has 32 heavy (non-hydrogen) atoms. The third kappa shape index (κ3) is 3.90. The van der Waals surface area contributed by atoms with Crippen LogP contribution in [0.5, 0.6) is 11.5 Å². The van der Waals surface area contributed by atoms with E-state index >= 15 is 0 Å². The summed E-state index contributed by atoms with van der Waals surface area (Å²) in [6.45, 7) is 0. The summed E-state index contributed by atoms with van der Waals surface area (Å²) in [5, 5.41) is 3.64. The highest BCUT2D eigenvalue weighted by Gasteiger charge is 2.43. The molecule has 0 spiro atoms. The van der Waals surface area contributed by atoms with E-state index in [-0.39, 0.29) is 5.57 Å². The van der Waals surface area contributed by atoms with Gasteiger partial charge in [-0.15, -0.1) is 0 Å². The number of carbonyl (C=O) groups excluding carboxylic acids is 2. The predicted molar refractivity (Wildman–Crippen MR) is 125 cm³/mol. The van der Waals surface area contributed by atoms with Gasteiger partial charge in [0.15, 0.2) is 11.5 Å². The van der Waals surface area contributed by atoms with Crippen LogP contribution in [0.15, 0.2) is 72.3 Å². The summed E-state index contributed by atoms with van der Waals surface area (Å²) < 4.78 is 10.8. The molecule has 0 aromatic heterocycles. The van der Waals surface area contributed by atoms with Crippen molar-refractivity contribution in [1.29, 1.82) is 0 Å². The molecule has 0 bridgehead atoms. The first-order valence-corrected chi connectivity index (χ1v) is 10.3. The minimum absolute atomic E-state index is 0.0264. The first-order chi connectivity index (χ1) is 15.4. The third-order valence-electron chi connectivity index (χ3n) is 4.92. The molecule has 162 valence electrons. The first kappa shape index (κ1) is 21.7. The SMILES string of the molecule is COc1cccc(C=C2C(=O)N(c3ccc(Cl)cc3)N(c3ccc(Cl)cc3)C2=O)c1OC. The number of ether oxygens (including phenoxy) is 2. The van der Waals surface area contributed by atoms with Crippen molar-refractivity contribution in [1.82, 2.24) is 0 Å². The van der Waals surface area contributed by atoms with E-state index in [9.17, 15) is 9.59 Å². The zero-order chi connectivity index (χ0) is 22.8. The summed E-state index contributed by atoms with van der Waals surface area (Å²) in [5.41, 5.74) is 1.49. The van der Waals surface area contributed by atoms with E-state index in [0.29, 0.717) is 38.5 Å². The van der Waals surface area contributed by atoms with Crippen LogP contribution >= 0.6 is 23.2 Å². The molecule has 0 radical (unpaired) electrons. The van der Waals surface area contributed by atoms with Gasteiger partial charge in [-0.1, -0.05) is 35.3 Å². The molecular weight excluding hydrogens is 451 g/mol. The van der Waals surface area contributed by atoms with E-state index in [2.05, 4.69) is 0 Å². The van der Waals surface area contributed by atoms with Gasteiger partial charge in [0.05, 0.1) is 25.6 Å². The Morgan fingerprint density at radius 3 is 1.66 bits per heavy atom. The van der Waals surface area contributed by atoms with Crippen molar-refractivity contribution in [3.05, 3.63) is 87.9 Å². The maximum atomic E-state index is 13.5. The summed E-state index contributed by atoms with van der Waals surface area (Å²) in [5.74, 6) is -0.0655. The lowest BCUT2D eigenvalue weighted by Gasteiger charge is -2.27. The number of hydrazine groups is 1. The maximum absolute atomic E-state index is 13.5. The Labute approximate surface area is 195 Å². The number of carbonyl (C=O) groups is 2. The molecule has 1 heterocycles. The number of hydrogen-bond donors (Lipinski definition) is 0. The van der Waals surface area contributed by atoms with E-state index in [1.54, 1.807) is 66.7 Å². The highest BCUT2D eigenvalue weighted by atomic mass is 35.5. The lowest BCUT2D eigenvalue weighted by molar-refractivity contribution is -0.116. The van der Waals surface area contributed by atoms with Crippen LogP contribution in [-0.4, -0.2) is 26.0 Å². The van der Waals surface area contributed by atoms with Gasteiger partial charge in [0.2, 0.25) is 0 Å². The van der Waals surface area contributed by atoms with Crippen molar-refractivity contribution >= 4 is 52.5 Å². The highest BCUT2D eigenvalue weighted by Crippen LogP contribution is 2.36. The number of amides is 2. The van der Waals surface area contributed by atoms with E-state index in [1.807, 2.05) is 0 Å². The molecule has 0 unspecified atom stereocenters. The molecule has 2 amide bonds. The second-order valence-electron chi connectivity index (χ2n) is 6.83. The quantitative estimate of drug-likeness (QED) is 0.372. The molecule has 1 saturated heterocycles. The lowest BCUT2D eigenvalue weighted by Crippen LogP contribution is -2.41. The van der Waals surface area contributed by atoms with Crippen LogP contribution in [0, 0.1) is 0 Å². The molecule has 0 aliphatic carbocycles. The van der Waals surface area contributed by atoms with Crippen LogP contribution in [0.4, 0.5) is 11.4 Å². The van der Waals surface area contributed by atoms with Gasteiger partial charge >= 0.3 is 0 Å². The fraction of sp³-hybridized carbons (Fsp3) is 0.0833. The Balaban J connectivity index is 1.86. The molecule has 1 fully saturated rings. The average molecular weight is 469 g/mol. The molecule has 0 atom stereocenters. The fourth-order valence-corrected chi connectivity index (χ4v) is 3.69. The minimum atomic E-state index is -0.489. The second kappa shape index (κ2) is 8.94.